The standard InChI is InChI=1S/C5H7NO2S/c7-9(8)4-5-2-1-3-6(5)9/h1,3,5H,2,4H2. The molecule has 2 rings (SSSR count). The van der Waals surface area contributed by atoms with Gasteiger partial charge in [-0.25, -0.2) is 8.42 Å². The van der Waals surface area contributed by atoms with Gasteiger partial charge in [-0.15, -0.1) is 0 Å². The fourth-order valence-corrected chi connectivity index (χ4v) is 2.84. The molecule has 9 heavy (non-hydrogen) atoms. The summed E-state index contributed by atoms with van der Waals surface area (Å²) in [7, 11) is -2.81. The Hall–Kier alpha value is -0.510. The molecule has 0 spiro atoms. The van der Waals surface area contributed by atoms with E-state index in [4.69, 9.17) is 0 Å². The number of hydrogen-bond acceptors (Lipinski definition) is 2. The highest BCUT2D eigenvalue weighted by molar-refractivity contribution is 7.90. The van der Waals surface area contributed by atoms with Crippen LogP contribution < -0.4 is 0 Å². The molecule has 2 aliphatic rings. The molecule has 0 aromatic carbocycles. The van der Waals surface area contributed by atoms with Crippen molar-refractivity contribution in [1.29, 1.82) is 0 Å². The second kappa shape index (κ2) is 1.31. The van der Waals surface area contributed by atoms with Crippen molar-refractivity contribution < 1.29 is 8.42 Å². The summed E-state index contributed by atoms with van der Waals surface area (Å²) in [5.74, 6) is 0.347. The van der Waals surface area contributed by atoms with Crippen molar-refractivity contribution in [2.45, 2.75) is 12.5 Å². The average Bonchev–Trinajstić information content (AvgIpc) is 2.10. The number of nitrogens with zero attached hydrogens (tertiary/aromatic N) is 1. The van der Waals surface area contributed by atoms with Gasteiger partial charge in [0.25, 0.3) is 0 Å². The Morgan fingerprint density at radius 2 is 2.33 bits per heavy atom. The third kappa shape index (κ3) is 0.538. The first-order chi connectivity index (χ1) is 4.20. The van der Waals surface area contributed by atoms with Crippen LogP contribution in [0.2, 0.25) is 0 Å². The molecule has 1 fully saturated rings. The van der Waals surface area contributed by atoms with Gasteiger partial charge in [0.2, 0.25) is 10.0 Å². The fourth-order valence-electron chi connectivity index (χ4n) is 1.25. The lowest BCUT2D eigenvalue weighted by atomic mass is 10.3. The highest BCUT2D eigenvalue weighted by Crippen LogP contribution is 2.29. The van der Waals surface area contributed by atoms with Crippen molar-refractivity contribution in [3.05, 3.63) is 12.3 Å². The Labute approximate surface area is 54.0 Å². The van der Waals surface area contributed by atoms with Crippen molar-refractivity contribution in [1.82, 2.24) is 4.31 Å². The predicted octanol–water partition coefficient (Wildman–Crippen LogP) is -0.0822. The zero-order valence-corrected chi connectivity index (χ0v) is 5.63. The van der Waals surface area contributed by atoms with Gasteiger partial charge in [-0.2, -0.15) is 0 Å². The van der Waals surface area contributed by atoms with Gasteiger partial charge in [-0.05, 0) is 6.42 Å². The maximum absolute atomic E-state index is 10.8. The summed E-state index contributed by atoms with van der Waals surface area (Å²) in [6, 6.07) is 0.273. The summed E-state index contributed by atoms with van der Waals surface area (Å²) in [5, 5.41) is 0. The zero-order valence-electron chi connectivity index (χ0n) is 4.82. The smallest absolute Gasteiger partial charge is 0.237 e. The molecular formula is C5H7NO2S. The minimum atomic E-state index is -2.81. The van der Waals surface area contributed by atoms with Gasteiger partial charge >= 0.3 is 0 Å². The lowest BCUT2D eigenvalue weighted by Gasteiger charge is -2.34. The average molecular weight is 145 g/mol. The normalized spacial score (nSPS) is 36.0. The lowest BCUT2D eigenvalue weighted by molar-refractivity contribution is 0.389. The Morgan fingerprint density at radius 3 is 2.78 bits per heavy atom. The largest absolute Gasteiger partial charge is 0.273 e. The first kappa shape index (κ1) is 5.29. The lowest BCUT2D eigenvalue weighted by Crippen LogP contribution is -2.50. The summed E-state index contributed by atoms with van der Waals surface area (Å²) in [6.07, 6.45) is 4.46. The van der Waals surface area contributed by atoms with Crippen LogP contribution in [-0.4, -0.2) is 24.5 Å². The molecule has 0 N–H and O–H groups in total. The van der Waals surface area contributed by atoms with E-state index in [2.05, 4.69) is 0 Å². The molecule has 2 aliphatic heterocycles. The third-order valence-corrected chi connectivity index (χ3v) is 3.61. The van der Waals surface area contributed by atoms with E-state index < -0.39 is 10.0 Å². The summed E-state index contributed by atoms with van der Waals surface area (Å²) >= 11 is 0. The molecule has 0 saturated carbocycles. The van der Waals surface area contributed by atoms with Crippen LogP contribution in [0.1, 0.15) is 6.42 Å². The van der Waals surface area contributed by atoms with Gasteiger partial charge in [-0.3, -0.25) is 4.31 Å². The summed E-state index contributed by atoms with van der Waals surface area (Å²) in [4.78, 5) is 0. The molecule has 0 radical (unpaired) electrons. The van der Waals surface area contributed by atoms with Gasteiger partial charge in [0.1, 0.15) is 0 Å². The molecule has 4 heteroatoms. The third-order valence-electron chi connectivity index (χ3n) is 1.74. The van der Waals surface area contributed by atoms with Crippen molar-refractivity contribution in [2.75, 3.05) is 5.75 Å². The van der Waals surface area contributed by atoms with E-state index in [9.17, 15) is 8.42 Å². The molecule has 0 bridgehead atoms. The number of hydrogen-bond donors (Lipinski definition) is 0. The summed E-state index contributed by atoms with van der Waals surface area (Å²) in [6.45, 7) is 0. The van der Waals surface area contributed by atoms with Crippen LogP contribution in [0.4, 0.5) is 0 Å². The molecule has 50 valence electrons. The van der Waals surface area contributed by atoms with Crippen LogP contribution in [-0.2, 0) is 10.0 Å². The molecule has 3 nitrogen and oxygen atoms in total. The van der Waals surface area contributed by atoms with E-state index >= 15 is 0 Å². The highest BCUT2D eigenvalue weighted by Gasteiger charge is 2.42. The van der Waals surface area contributed by atoms with Crippen LogP contribution in [0, 0.1) is 0 Å². The molecule has 0 amide bonds. The van der Waals surface area contributed by atoms with Crippen molar-refractivity contribution in [3.8, 4) is 0 Å². The van der Waals surface area contributed by atoms with E-state index in [1.165, 1.54) is 4.31 Å². The zero-order chi connectivity index (χ0) is 6.48. The Kier molecular flexibility index (Phi) is 0.773. The number of fused-ring (bicyclic) bond motifs is 1. The van der Waals surface area contributed by atoms with Crippen LogP contribution >= 0.6 is 0 Å². The molecule has 0 aromatic rings. The van der Waals surface area contributed by atoms with E-state index in [0.29, 0.717) is 5.75 Å². The van der Waals surface area contributed by atoms with E-state index in [1.807, 2.05) is 6.08 Å². The minimum Gasteiger partial charge on any atom is -0.273 e. The van der Waals surface area contributed by atoms with E-state index in [0.717, 1.165) is 6.42 Å². The Balaban J connectivity index is 2.36. The number of sulfonamides is 1. The fraction of sp³-hybridized carbons (Fsp3) is 0.600. The topological polar surface area (TPSA) is 37.4 Å². The SMILES string of the molecule is O=S1(=O)CC2CC=CN21. The first-order valence-electron chi connectivity index (χ1n) is 2.88. The molecular weight excluding hydrogens is 138 g/mol. The van der Waals surface area contributed by atoms with Crippen LogP contribution in [0.3, 0.4) is 0 Å². The molecule has 0 aromatic heterocycles. The minimum absolute atomic E-state index is 0.273. The second-order valence-corrected chi connectivity index (χ2v) is 4.30. The molecule has 2 heterocycles. The van der Waals surface area contributed by atoms with Crippen molar-refractivity contribution in [3.63, 3.8) is 0 Å². The van der Waals surface area contributed by atoms with Crippen molar-refractivity contribution >= 4 is 10.0 Å². The van der Waals surface area contributed by atoms with Crippen molar-refractivity contribution in [2.24, 2.45) is 0 Å². The molecule has 1 atom stereocenters. The van der Waals surface area contributed by atoms with Gasteiger partial charge in [0.15, 0.2) is 0 Å². The summed E-state index contributed by atoms with van der Waals surface area (Å²) < 4.78 is 23.0. The van der Waals surface area contributed by atoms with Gasteiger partial charge in [0, 0.05) is 6.20 Å². The monoisotopic (exact) mass is 145 g/mol. The molecule has 0 aliphatic carbocycles. The van der Waals surface area contributed by atoms with Gasteiger partial charge in [-0.1, -0.05) is 6.08 Å². The quantitative estimate of drug-likeness (QED) is 0.478. The van der Waals surface area contributed by atoms with Gasteiger partial charge in [0.05, 0.1) is 11.8 Å². The maximum Gasteiger partial charge on any atom is 0.237 e. The molecule has 1 unspecified atom stereocenters. The highest BCUT2D eigenvalue weighted by atomic mass is 32.2. The second-order valence-electron chi connectivity index (χ2n) is 2.38. The Bertz CT molecular complexity index is 254. The Morgan fingerprint density at radius 1 is 1.56 bits per heavy atom. The maximum atomic E-state index is 10.8. The van der Waals surface area contributed by atoms with Crippen LogP contribution in [0.5, 0.6) is 0 Å². The first-order valence-corrected chi connectivity index (χ1v) is 4.49. The molecule has 1 saturated heterocycles. The van der Waals surface area contributed by atoms with Crippen LogP contribution in [0.25, 0.3) is 0 Å². The van der Waals surface area contributed by atoms with E-state index in [-0.39, 0.29) is 6.04 Å². The summed E-state index contributed by atoms with van der Waals surface area (Å²) in [5.41, 5.74) is 0. The van der Waals surface area contributed by atoms with Crippen LogP contribution in [0.15, 0.2) is 12.3 Å². The van der Waals surface area contributed by atoms with Gasteiger partial charge < -0.3 is 0 Å². The predicted molar refractivity (Wildman–Crippen MR) is 33.2 cm³/mol. The van der Waals surface area contributed by atoms with E-state index in [1.54, 1.807) is 6.20 Å². The number of rotatable bonds is 0.